The highest BCUT2D eigenvalue weighted by atomic mass is 19.1. The fourth-order valence-corrected chi connectivity index (χ4v) is 1.13. The van der Waals surface area contributed by atoms with Gasteiger partial charge in [0.05, 0.1) is 13.5 Å². The van der Waals surface area contributed by atoms with Crippen LogP contribution in [0.25, 0.3) is 0 Å². The first-order valence-corrected chi connectivity index (χ1v) is 4.74. The number of methoxy groups -OCH3 is 1. The number of benzene rings is 1. The first kappa shape index (κ1) is 11.7. The Hall–Kier alpha value is -1.42. The van der Waals surface area contributed by atoms with Crippen molar-refractivity contribution in [1.82, 2.24) is 5.32 Å². The molecular formula is C11H14FNO2. The molecule has 15 heavy (non-hydrogen) atoms. The number of rotatable bonds is 5. The van der Waals surface area contributed by atoms with Gasteiger partial charge >= 0.3 is 5.97 Å². The largest absolute Gasteiger partial charge is 0.469 e. The quantitative estimate of drug-likeness (QED) is 0.592. The smallest absolute Gasteiger partial charge is 0.306 e. The van der Waals surface area contributed by atoms with Gasteiger partial charge in [0.15, 0.2) is 0 Å². The standard InChI is InChI=1S/C11H14FNO2/c1-15-11(14)6-7-13-8-9-2-4-10(12)5-3-9/h2-5,13H,6-8H2,1H3. The van der Waals surface area contributed by atoms with Crippen LogP contribution in [0.5, 0.6) is 0 Å². The highest BCUT2D eigenvalue weighted by molar-refractivity contribution is 5.69. The highest BCUT2D eigenvalue weighted by Gasteiger charge is 1.98. The van der Waals surface area contributed by atoms with Gasteiger partial charge in [-0.25, -0.2) is 4.39 Å². The van der Waals surface area contributed by atoms with E-state index in [0.29, 0.717) is 19.5 Å². The third-order valence-electron chi connectivity index (χ3n) is 1.98. The van der Waals surface area contributed by atoms with Gasteiger partial charge in [0.2, 0.25) is 0 Å². The Balaban J connectivity index is 2.20. The minimum atomic E-state index is -0.242. The van der Waals surface area contributed by atoms with Gasteiger partial charge in [-0.05, 0) is 17.7 Å². The van der Waals surface area contributed by atoms with Crippen molar-refractivity contribution in [2.75, 3.05) is 13.7 Å². The Kier molecular flexibility index (Phi) is 4.77. The molecule has 0 radical (unpaired) electrons. The number of ether oxygens (including phenoxy) is 1. The summed E-state index contributed by atoms with van der Waals surface area (Å²) in [4.78, 5) is 10.8. The molecule has 1 N–H and O–H groups in total. The summed E-state index contributed by atoms with van der Waals surface area (Å²) in [6, 6.07) is 6.25. The third-order valence-corrected chi connectivity index (χ3v) is 1.98. The average Bonchev–Trinajstić information content (AvgIpc) is 2.26. The van der Waals surface area contributed by atoms with E-state index in [-0.39, 0.29) is 11.8 Å². The van der Waals surface area contributed by atoms with Gasteiger partial charge in [0.25, 0.3) is 0 Å². The van der Waals surface area contributed by atoms with Gasteiger partial charge in [-0.3, -0.25) is 4.79 Å². The Morgan fingerprint density at radius 3 is 2.67 bits per heavy atom. The lowest BCUT2D eigenvalue weighted by atomic mass is 10.2. The molecule has 0 heterocycles. The van der Waals surface area contributed by atoms with E-state index in [1.54, 1.807) is 12.1 Å². The lowest BCUT2D eigenvalue weighted by Crippen LogP contribution is -2.18. The number of nitrogens with one attached hydrogen (secondary N) is 1. The maximum atomic E-state index is 12.5. The summed E-state index contributed by atoms with van der Waals surface area (Å²) in [6.07, 6.45) is 0.345. The van der Waals surface area contributed by atoms with Gasteiger partial charge < -0.3 is 10.1 Å². The normalized spacial score (nSPS) is 10.0. The summed E-state index contributed by atoms with van der Waals surface area (Å²) in [7, 11) is 1.36. The fourth-order valence-electron chi connectivity index (χ4n) is 1.13. The Labute approximate surface area is 88.2 Å². The number of halogens is 1. The van der Waals surface area contributed by atoms with Gasteiger partial charge in [0, 0.05) is 13.1 Å². The number of hydrogen-bond donors (Lipinski definition) is 1. The third kappa shape index (κ3) is 4.56. The molecule has 0 aliphatic heterocycles. The Morgan fingerprint density at radius 2 is 2.07 bits per heavy atom. The van der Waals surface area contributed by atoms with Crippen LogP contribution in [-0.2, 0) is 16.1 Å². The molecule has 0 saturated heterocycles. The second-order valence-corrected chi connectivity index (χ2v) is 3.13. The second kappa shape index (κ2) is 6.14. The molecule has 0 spiro atoms. The van der Waals surface area contributed by atoms with Crippen molar-refractivity contribution in [3.05, 3.63) is 35.6 Å². The van der Waals surface area contributed by atoms with Crippen LogP contribution in [0, 0.1) is 5.82 Å². The van der Waals surface area contributed by atoms with Crippen molar-refractivity contribution in [2.45, 2.75) is 13.0 Å². The molecule has 0 fully saturated rings. The summed E-state index contributed by atoms with van der Waals surface area (Å²) >= 11 is 0. The molecule has 0 aromatic heterocycles. The zero-order chi connectivity index (χ0) is 11.1. The minimum Gasteiger partial charge on any atom is -0.469 e. The van der Waals surface area contributed by atoms with Crippen LogP contribution in [0.2, 0.25) is 0 Å². The number of carbonyl (C=O) groups is 1. The van der Waals surface area contributed by atoms with Crippen LogP contribution < -0.4 is 5.32 Å². The molecule has 3 nitrogen and oxygen atoms in total. The van der Waals surface area contributed by atoms with E-state index in [1.165, 1.54) is 19.2 Å². The molecule has 0 atom stereocenters. The van der Waals surface area contributed by atoms with Crippen LogP contribution in [0.1, 0.15) is 12.0 Å². The van der Waals surface area contributed by atoms with Gasteiger partial charge in [-0.2, -0.15) is 0 Å². The van der Waals surface area contributed by atoms with Gasteiger partial charge in [-0.1, -0.05) is 12.1 Å². The molecule has 0 unspecified atom stereocenters. The van der Waals surface area contributed by atoms with Crippen LogP contribution in [0.4, 0.5) is 4.39 Å². The van der Waals surface area contributed by atoms with Gasteiger partial charge in [-0.15, -0.1) is 0 Å². The molecule has 1 rings (SSSR count). The lowest BCUT2D eigenvalue weighted by Gasteiger charge is -2.03. The highest BCUT2D eigenvalue weighted by Crippen LogP contribution is 2.01. The van der Waals surface area contributed by atoms with Crippen LogP contribution in [0.3, 0.4) is 0 Å². The zero-order valence-corrected chi connectivity index (χ0v) is 8.63. The molecule has 0 bridgehead atoms. The summed E-state index contributed by atoms with van der Waals surface area (Å²) < 4.78 is 17.0. The van der Waals surface area contributed by atoms with E-state index in [0.717, 1.165) is 5.56 Å². The van der Waals surface area contributed by atoms with Crippen LogP contribution in [0.15, 0.2) is 24.3 Å². The van der Waals surface area contributed by atoms with Crippen molar-refractivity contribution in [2.24, 2.45) is 0 Å². The molecular weight excluding hydrogens is 197 g/mol. The van der Waals surface area contributed by atoms with Crippen molar-refractivity contribution in [3.63, 3.8) is 0 Å². The van der Waals surface area contributed by atoms with E-state index >= 15 is 0 Å². The van der Waals surface area contributed by atoms with Crippen LogP contribution >= 0.6 is 0 Å². The van der Waals surface area contributed by atoms with E-state index in [2.05, 4.69) is 10.1 Å². The van der Waals surface area contributed by atoms with Crippen molar-refractivity contribution < 1.29 is 13.9 Å². The van der Waals surface area contributed by atoms with Crippen molar-refractivity contribution in [1.29, 1.82) is 0 Å². The number of esters is 1. The Bertz CT molecular complexity index is 311. The summed E-state index contributed by atoms with van der Waals surface area (Å²) in [5, 5.41) is 3.06. The predicted octanol–water partition coefficient (Wildman–Crippen LogP) is 1.48. The molecule has 0 aliphatic rings. The van der Waals surface area contributed by atoms with Crippen LogP contribution in [-0.4, -0.2) is 19.6 Å². The first-order valence-electron chi connectivity index (χ1n) is 4.74. The molecule has 0 amide bonds. The molecule has 1 aromatic carbocycles. The summed E-state index contributed by atoms with van der Waals surface area (Å²) in [6.45, 7) is 1.18. The summed E-state index contributed by atoms with van der Waals surface area (Å²) in [5.74, 6) is -0.477. The molecule has 1 aromatic rings. The predicted molar refractivity (Wildman–Crippen MR) is 54.7 cm³/mol. The van der Waals surface area contributed by atoms with Crippen molar-refractivity contribution >= 4 is 5.97 Å². The molecule has 82 valence electrons. The van der Waals surface area contributed by atoms with E-state index in [4.69, 9.17) is 0 Å². The average molecular weight is 211 g/mol. The lowest BCUT2D eigenvalue weighted by molar-refractivity contribution is -0.140. The maximum absolute atomic E-state index is 12.5. The first-order chi connectivity index (χ1) is 7.22. The number of carbonyl (C=O) groups excluding carboxylic acids is 1. The monoisotopic (exact) mass is 211 g/mol. The van der Waals surface area contributed by atoms with Gasteiger partial charge in [0.1, 0.15) is 5.82 Å². The second-order valence-electron chi connectivity index (χ2n) is 3.13. The van der Waals surface area contributed by atoms with Crippen molar-refractivity contribution in [3.8, 4) is 0 Å². The minimum absolute atomic E-state index is 0.235. The maximum Gasteiger partial charge on any atom is 0.306 e. The number of hydrogen-bond acceptors (Lipinski definition) is 3. The molecule has 4 heteroatoms. The van der Waals surface area contributed by atoms with E-state index in [1.807, 2.05) is 0 Å². The van der Waals surface area contributed by atoms with E-state index in [9.17, 15) is 9.18 Å². The fraction of sp³-hybridized carbons (Fsp3) is 0.364. The SMILES string of the molecule is COC(=O)CCNCc1ccc(F)cc1. The van der Waals surface area contributed by atoms with E-state index < -0.39 is 0 Å². The molecule has 0 saturated carbocycles. The summed E-state index contributed by atoms with van der Waals surface area (Å²) in [5.41, 5.74) is 0.987. The molecule has 0 aliphatic carbocycles. The Morgan fingerprint density at radius 1 is 1.40 bits per heavy atom. The zero-order valence-electron chi connectivity index (χ0n) is 8.63. The topological polar surface area (TPSA) is 38.3 Å².